The normalized spacial score (nSPS) is 7.86. The van der Waals surface area contributed by atoms with Crippen molar-refractivity contribution in [2.24, 2.45) is 0 Å². The molecule has 2 nitrogen and oxygen atoms in total. The van der Waals surface area contributed by atoms with Gasteiger partial charge in [0.25, 0.3) is 0 Å². The number of hydrogen-bond donors (Lipinski definition) is 0. The second-order valence-corrected chi connectivity index (χ2v) is 1.52. The Morgan fingerprint density at radius 1 is 1.57 bits per heavy atom. The van der Waals surface area contributed by atoms with Gasteiger partial charge in [-0.1, -0.05) is 6.82 Å². The Morgan fingerprint density at radius 2 is 2.00 bits per heavy atom. The van der Waals surface area contributed by atoms with Crippen LogP contribution in [0.2, 0.25) is 6.82 Å². The summed E-state index contributed by atoms with van der Waals surface area (Å²) in [7, 11) is 4.98. The van der Waals surface area contributed by atoms with Crippen LogP contribution in [0.4, 0.5) is 4.79 Å². The fraction of sp³-hybridized carbons (Fsp3) is 0.750. The highest BCUT2D eigenvalue weighted by Crippen LogP contribution is 1.75. The smallest absolute Gasteiger partial charge is 0.229 e. The zero-order valence-corrected chi connectivity index (χ0v) is 4.93. The molecule has 0 aromatic rings. The molecule has 0 spiro atoms. The van der Waals surface area contributed by atoms with Gasteiger partial charge in [-0.25, -0.2) is 0 Å². The van der Waals surface area contributed by atoms with Crippen LogP contribution in [0.1, 0.15) is 0 Å². The largest absolute Gasteiger partial charge is 0.358 e. The van der Waals surface area contributed by atoms with Crippen LogP contribution in [0, 0.1) is 0 Å². The number of amides is 1. The van der Waals surface area contributed by atoms with Gasteiger partial charge in [0.1, 0.15) is 0 Å². The maximum atomic E-state index is 10.4. The SMILES string of the molecule is C[B]C(=O)N(C)C. The zero-order chi connectivity index (χ0) is 5.86. The third-order valence-corrected chi connectivity index (χ3v) is 0.688. The Morgan fingerprint density at radius 3 is 2.00 bits per heavy atom. The molecular formula is C4H9BNO. The molecule has 0 saturated carbocycles. The third-order valence-electron chi connectivity index (χ3n) is 0.688. The summed E-state index contributed by atoms with van der Waals surface area (Å²) < 4.78 is 0. The lowest BCUT2D eigenvalue weighted by molar-refractivity contribution is 0.239. The van der Waals surface area contributed by atoms with Gasteiger partial charge in [-0.05, 0) is 0 Å². The second-order valence-electron chi connectivity index (χ2n) is 1.52. The van der Waals surface area contributed by atoms with Crippen LogP contribution in [-0.2, 0) is 0 Å². The van der Waals surface area contributed by atoms with E-state index in [0.29, 0.717) is 0 Å². The molecule has 1 amide bonds. The van der Waals surface area contributed by atoms with E-state index in [0.717, 1.165) is 0 Å². The predicted molar refractivity (Wildman–Crippen MR) is 30.7 cm³/mol. The summed E-state index contributed by atoms with van der Waals surface area (Å²) in [5.74, 6) is 0.0556. The minimum absolute atomic E-state index is 0.0556. The van der Waals surface area contributed by atoms with Gasteiger partial charge < -0.3 is 4.90 Å². The standard InChI is InChI=1S/C4H9BNO/c1-5-4(7)6(2)3/h1-3H3. The Labute approximate surface area is 44.7 Å². The van der Waals surface area contributed by atoms with E-state index in [-0.39, 0.29) is 5.81 Å². The molecule has 39 valence electrons. The molecule has 0 rings (SSSR count). The third kappa shape index (κ3) is 2.26. The van der Waals surface area contributed by atoms with Crippen LogP contribution in [0.5, 0.6) is 0 Å². The average molecular weight is 97.9 g/mol. The summed E-state index contributed by atoms with van der Waals surface area (Å²) in [6, 6.07) is 0. The van der Waals surface area contributed by atoms with E-state index >= 15 is 0 Å². The molecule has 0 fully saturated rings. The van der Waals surface area contributed by atoms with Crippen LogP contribution < -0.4 is 0 Å². The predicted octanol–water partition coefficient (Wildman–Crippen LogP) is 0.420. The van der Waals surface area contributed by atoms with Gasteiger partial charge >= 0.3 is 0 Å². The molecule has 0 bridgehead atoms. The number of nitrogens with zero attached hydrogens (tertiary/aromatic N) is 1. The fourth-order valence-electron chi connectivity index (χ4n) is 0.258. The number of carbonyl (C=O) groups is 1. The van der Waals surface area contributed by atoms with Gasteiger partial charge in [0.15, 0.2) is 5.81 Å². The Kier molecular flexibility index (Phi) is 2.49. The highest BCUT2D eigenvalue weighted by Gasteiger charge is 1.97. The van der Waals surface area contributed by atoms with E-state index in [1.54, 1.807) is 20.9 Å². The summed E-state index contributed by atoms with van der Waals surface area (Å²) >= 11 is 0. The Balaban J connectivity index is 3.35. The molecule has 0 aromatic heterocycles. The number of carbonyl (C=O) groups excluding carboxylic acids is 1. The number of hydrogen-bond acceptors (Lipinski definition) is 1. The van der Waals surface area contributed by atoms with E-state index in [1.165, 1.54) is 12.2 Å². The van der Waals surface area contributed by atoms with Crippen molar-refractivity contribution in [1.82, 2.24) is 4.90 Å². The lowest BCUT2D eigenvalue weighted by atomic mass is 9.81. The van der Waals surface area contributed by atoms with Gasteiger partial charge in [-0.2, -0.15) is 0 Å². The minimum atomic E-state index is 0.0556. The molecule has 1 radical (unpaired) electrons. The van der Waals surface area contributed by atoms with Crippen molar-refractivity contribution in [3.05, 3.63) is 0 Å². The average Bonchev–Trinajstić information content (AvgIpc) is 1.65. The minimum Gasteiger partial charge on any atom is -0.358 e. The van der Waals surface area contributed by atoms with E-state index in [4.69, 9.17) is 0 Å². The van der Waals surface area contributed by atoms with Crippen molar-refractivity contribution in [3.8, 4) is 0 Å². The maximum Gasteiger partial charge on any atom is 0.229 e. The van der Waals surface area contributed by atoms with Gasteiger partial charge in [0.05, 0.1) is 0 Å². The molecule has 0 aromatic carbocycles. The van der Waals surface area contributed by atoms with Crippen LogP contribution in [0.25, 0.3) is 0 Å². The van der Waals surface area contributed by atoms with E-state index < -0.39 is 0 Å². The van der Waals surface area contributed by atoms with Gasteiger partial charge in [-0.15, -0.1) is 0 Å². The highest BCUT2D eigenvalue weighted by molar-refractivity contribution is 6.72. The molecule has 0 atom stereocenters. The van der Waals surface area contributed by atoms with Crippen molar-refractivity contribution >= 4 is 13.1 Å². The fourth-order valence-corrected chi connectivity index (χ4v) is 0.258. The molecule has 0 heterocycles. The van der Waals surface area contributed by atoms with Crippen LogP contribution in [0.15, 0.2) is 0 Å². The van der Waals surface area contributed by atoms with Crippen molar-refractivity contribution in [2.45, 2.75) is 6.82 Å². The van der Waals surface area contributed by atoms with Gasteiger partial charge in [0, 0.05) is 14.1 Å². The van der Waals surface area contributed by atoms with Crippen LogP contribution in [0.3, 0.4) is 0 Å². The Hall–Kier alpha value is -0.465. The van der Waals surface area contributed by atoms with Crippen molar-refractivity contribution in [2.75, 3.05) is 14.1 Å². The monoisotopic (exact) mass is 98.1 g/mol. The molecule has 7 heavy (non-hydrogen) atoms. The second kappa shape index (κ2) is 2.67. The first-order valence-corrected chi connectivity index (χ1v) is 2.19. The van der Waals surface area contributed by atoms with Crippen molar-refractivity contribution in [1.29, 1.82) is 0 Å². The number of rotatable bonds is 1. The van der Waals surface area contributed by atoms with Crippen molar-refractivity contribution < 1.29 is 4.79 Å². The van der Waals surface area contributed by atoms with Crippen molar-refractivity contribution in [3.63, 3.8) is 0 Å². The first-order chi connectivity index (χ1) is 3.18. The van der Waals surface area contributed by atoms with Crippen LogP contribution >= 0.6 is 0 Å². The highest BCUT2D eigenvalue weighted by atomic mass is 16.1. The lowest BCUT2D eigenvalue weighted by Crippen LogP contribution is -2.23. The maximum absolute atomic E-state index is 10.4. The summed E-state index contributed by atoms with van der Waals surface area (Å²) in [4.78, 5) is 11.9. The molecule has 0 N–H and O–H groups in total. The quantitative estimate of drug-likeness (QED) is 0.435. The van der Waals surface area contributed by atoms with Gasteiger partial charge in [-0.3, -0.25) is 4.79 Å². The summed E-state index contributed by atoms with van der Waals surface area (Å²) in [6.07, 6.45) is 0. The van der Waals surface area contributed by atoms with Crippen LogP contribution in [-0.4, -0.2) is 32.1 Å². The van der Waals surface area contributed by atoms with E-state index in [1.807, 2.05) is 0 Å². The molecule has 0 aliphatic heterocycles. The first-order valence-electron chi connectivity index (χ1n) is 2.19. The molecule has 0 unspecified atom stereocenters. The summed E-state index contributed by atoms with van der Waals surface area (Å²) in [5.41, 5.74) is 0. The molecule has 0 aliphatic carbocycles. The summed E-state index contributed by atoms with van der Waals surface area (Å²) in [6.45, 7) is 1.72. The van der Waals surface area contributed by atoms with Gasteiger partial charge in [0.2, 0.25) is 7.28 Å². The zero-order valence-electron chi connectivity index (χ0n) is 4.93. The summed E-state index contributed by atoms with van der Waals surface area (Å²) in [5, 5.41) is 0. The molecular weight excluding hydrogens is 88.9 g/mol. The molecule has 3 heteroatoms. The molecule has 0 aliphatic rings. The van der Waals surface area contributed by atoms with E-state index in [2.05, 4.69) is 0 Å². The van der Waals surface area contributed by atoms with E-state index in [9.17, 15) is 4.79 Å². The Bertz CT molecular complexity index is 72.1. The molecule has 0 saturated heterocycles. The topological polar surface area (TPSA) is 20.3 Å². The lowest BCUT2D eigenvalue weighted by Gasteiger charge is -2.05. The first kappa shape index (κ1) is 6.53.